The number of phenolic OH excluding ortho intramolecular Hbond substituents is 1. The average Bonchev–Trinajstić information content (AvgIpc) is 3.76. The van der Waals surface area contributed by atoms with Gasteiger partial charge in [-0.15, -0.1) is 0 Å². The number of hydrogen-bond acceptors (Lipinski definition) is 9. The van der Waals surface area contributed by atoms with Crippen molar-refractivity contribution in [3.8, 4) is 5.75 Å². The fourth-order valence-electron chi connectivity index (χ4n) is 6.05. The minimum absolute atomic E-state index is 0.0189. The quantitative estimate of drug-likeness (QED) is 0.109. The van der Waals surface area contributed by atoms with Crippen LogP contribution in [-0.4, -0.2) is 111 Å². The van der Waals surface area contributed by atoms with Crippen LogP contribution in [0, 0.1) is 5.92 Å². The SMILES string of the molecule is CC[C@H](C)[C@H](NC(=O)[C@@H]1CCCN1C(=O)[C@H](CCC(N)=O)NC(=O)CN)C(=O)N1CCC[C@H]1C(=O)N[C@@H](Cc1ccc(O)cc1)C(=O)O. The lowest BCUT2D eigenvalue weighted by Crippen LogP contribution is -2.59. The van der Waals surface area contributed by atoms with Gasteiger partial charge in [0.1, 0.15) is 36.0 Å². The summed E-state index contributed by atoms with van der Waals surface area (Å²) in [7, 11) is 0. The summed E-state index contributed by atoms with van der Waals surface area (Å²) in [5.41, 5.74) is 11.2. The number of phenols is 1. The summed E-state index contributed by atoms with van der Waals surface area (Å²) in [6.45, 7) is 3.69. The number of nitrogens with zero attached hydrogens (tertiary/aromatic N) is 2. The Labute approximate surface area is 278 Å². The van der Waals surface area contributed by atoms with Gasteiger partial charge in [0, 0.05) is 25.9 Å². The summed E-state index contributed by atoms with van der Waals surface area (Å²) in [4.78, 5) is 92.6. The van der Waals surface area contributed by atoms with Gasteiger partial charge in [0.2, 0.25) is 35.4 Å². The van der Waals surface area contributed by atoms with Crippen LogP contribution in [0.5, 0.6) is 5.75 Å². The average molecular weight is 674 g/mol. The molecule has 16 heteroatoms. The smallest absolute Gasteiger partial charge is 0.326 e. The van der Waals surface area contributed by atoms with E-state index in [9.17, 15) is 43.8 Å². The molecule has 16 nitrogen and oxygen atoms in total. The van der Waals surface area contributed by atoms with Crippen LogP contribution in [0.4, 0.5) is 0 Å². The molecule has 2 saturated heterocycles. The highest BCUT2D eigenvalue weighted by Gasteiger charge is 2.43. The molecule has 6 amide bonds. The summed E-state index contributed by atoms with van der Waals surface area (Å²) >= 11 is 0. The number of carboxylic acid groups (broad SMARTS) is 1. The standard InChI is InChI=1S/C32H47N7O9/c1-3-18(2)27(37-29(44)24-7-4-14-38(24)30(45)21(12-13-25(34)41)35-26(42)17-33)31(46)39-15-5-6-23(39)28(43)36-22(32(47)48)16-19-8-10-20(40)11-9-19/h8-11,18,21-24,27,40H,3-7,12-17,33H2,1-2H3,(H2,34,41)(H,35,42)(H,36,43)(H,37,44)(H,47,48)/t18-,21-,22-,23-,24-,27-/m0/s1. The second kappa shape index (κ2) is 17.4. The molecule has 0 spiro atoms. The number of carboxylic acids is 1. The first-order chi connectivity index (χ1) is 22.8. The van der Waals surface area contributed by atoms with Crippen LogP contribution < -0.4 is 27.4 Å². The number of rotatable bonds is 16. The van der Waals surface area contributed by atoms with E-state index in [1.54, 1.807) is 19.1 Å². The highest BCUT2D eigenvalue weighted by Crippen LogP contribution is 2.24. The second-order valence-corrected chi connectivity index (χ2v) is 12.4. The van der Waals surface area contributed by atoms with Gasteiger partial charge >= 0.3 is 5.97 Å². The summed E-state index contributed by atoms with van der Waals surface area (Å²) in [5.74, 6) is -5.13. The lowest BCUT2D eigenvalue weighted by molar-refractivity contribution is -0.146. The van der Waals surface area contributed by atoms with Gasteiger partial charge < -0.3 is 47.4 Å². The third kappa shape index (κ3) is 9.89. The van der Waals surface area contributed by atoms with Gasteiger partial charge in [-0.25, -0.2) is 4.79 Å². The minimum Gasteiger partial charge on any atom is -0.508 e. The predicted molar refractivity (Wildman–Crippen MR) is 172 cm³/mol. The van der Waals surface area contributed by atoms with Gasteiger partial charge in [0.05, 0.1) is 6.54 Å². The van der Waals surface area contributed by atoms with Crippen LogP contribution >= 0.6 is 0 Å². The highest BCUT2D eigenvalue weighted by molar-refractivity contribution is 5.97. The number of aliphatic carboxylic acids is 1. The van der Waals surface area contributed by atoms with E-state index in [2.05, 4.69) is 16.0 Å². The van der Waals surface area contributed by atoms with Crippen molar-refractivity contribution in [1.29, 1.82) is 0 Å². The molecule has 2 aliphatic heterocycles. The van der Waals surface area contributed by atoms with E-state index in [-0.39, 0.29) is 50.6 Å². The van der Waals surface area contributed by atoms with Crippen molar-refractivity contribution in [2.24, 2.45) is 17.4 Å². The van der Waals surface area contributed by atoms with Crippen molar-refractivity contribution in [3.63, 3.8) is 0 Å². The zero-order valence-electron chi connectivity index (χ0n) is 27.4. The van der Waals surface area contributed by atoms with E-state index in [1.807, 2.05) is 6.92 Å². The number of likely N-dealkylation sites (tertiary alicyclic amines) is 2. The number of nitrogens with one attached hydrogen (secondary N) is 3. The molecule has 0 radical (unpaired) electrons. The summed E-state index contributed by atoms with van der Waals surface area (Å²) in [6, 6.07) is 0.596. The van der Waals surface area contributed by atoms with E-state index < -0.39 is 71.6 Å². The first-order valence-corrected chi connectivity index (χ1v) is 16.3. The van der Waals surface area contributed by atoms with E-state index in [0.717, 1.165) is 0 Å². The summed E-state index contributed by atoms with van der Waals surface area (Å²) < 4.78 is 0. The number of amides is 6. The number of nitrogens with two attached hydrogens (primary N) is 2. The van der Waals surface area contributed by atoms with E-state index >= 15 is 0 Å². The second-order valence-electron chi connectivity index (χ2n) is 12.4. The molecule has 0 saturated carbocycles. The first-order valence-electron chi connectivity index (χ1n) is 16.3. The van der Waals surface area contributed by atoms with Crippen molar-refractivity contribution in [3.05, 3.63) is 29.8 Å². The van der Waals surface area contributed by atoms with Crippen LogP contribution in [0.2, 0.25) is 0 Å². The Hall–Kier alpha value is -4.73. The third-order valence-electron chi connectivity index (χ3n) is 8.94. The molecule has 1 aromatic rings. The molecule has 2 fully saturated rings. The number of aromatic hydroxyl groups is 1. The number of carbonyl (C=O) groups is 7. The first kappa shape index (κ1) is 37.7. The molecule has 3 rings (SSSR count). The predicted octanol–water partition coefficient (Wildman–Crippen LogP) is -1.27. The lowest BCUT2D eigenvalue weighted by atomic mass is 9.96. The van der Waals surface area contributed by atoms with Crippen LogP contribution in [0.1, 0.15) is 64.4 Å². The topological polar surface area (TPSA) is 255 Å². The molecule has 6 atom stereocenters. The van der Waals surface area contributed by atoms with Crippen molar-refractivity contribution in [1.82, 2.24) is 25.8 Å². The molecule has 0 unspecified atom stereocenters. The largest absolute Gasteiger partial charge is 0.508 e. The number of primary amides is 1. The van der Waals surface area contributed by atoms with Gasteiger partial charge in [-0.3, -0.25) is 28.8 Å². The Morgan fingerprint density at radius 1 is 0.875 bits per heavy atom. The molecule has 1 aromatic carbocycles. The van der Waals surface area contributed by atoms with Crippen LogP contribution in [-0.2, 0) is 40.0 Å². The molecule has 9 N–H and O–H groups in total. The Morgan fingerprint density at radius 2 is 1.44 bits per heavy atom. The Kier molecular flexibility index (Phi) is 13.7. The molecule has 0 aromatic heterocycles. The molecule has 2 heterocycles. The highest BCUT2D eigenvalue weighted by atomic mass is 16.4. The fourth-order valence-corrected chi connectivity index (χ4v) is 6.05. The van der Waals surface area contributed by atoms with Crippen molar-refractivity contribution in [2.45, 2.75) is 95.4 Å². The lowest BCUT2D eigenvalue weighted by Gasteiger charge is -2.34. The summed E-state index contributed by atoms with van der Waals surface area (Å²) in [6.07, 6.45) is 1.80. The Balaban J connectivity index is 1.74. The Morgan fingerprint density at radius 3 is 1.96 bits per heavy atom. The van der Waals surface area contributed by atoms with Crippen LogP contribution in [0.3, 0.4) is 0 Å². The molecule has 48 heavy (non-hydrogen) atoms. The van der Waals surface area contributed by atoms with Gasteiger partial charge in [0.25, 0.3) is 0 Å². The maximum absolute atomic E-state index is 14.0. The number of benzene rings is 1. The molecular weight excluding hydrogens is 626 g/mol. The van der Waals surface area contributed by atoms with Crippen molar-refractivity contribution >= 4 is 41.4 Å². The van der Waals surface area contributed by atoms with Gasteiger partial charge in [-0.1, -0.05) is 32.4 Å². The molecule has 0 bridgehead atoms. The van der Waals surface area contributed by atoms with Gasteiger partial charge in [-0.05, 0) is 55.7 Å². The van der Waals surface area contributed by atoms with E-state index in [0.29, 0.717) is 37.7 Å². The zero-order chi connectivity index (χ0) is 35.5. The zero-order valence-corrected chi connectivity index (χ0v) is 27.4. The van der Waals surface area contributed by atoms with Crippen LogP contribution in [0.25, 0.3) is 0 Å². The normalized spacial score (nSPS) is 19.9. The molecule has 2 aliphatic rings. The molecular formula is C32H47N7O9. The third-order valence-corrected chi connectivity index (χ3v) is 8.94. The summed E-state index contributed by atoms with van der Waals surface area (Å²) in [5, 5.41) is 27.2. The molecule has 0 aliphatic carbocycles. The monoisotopic (exact) mass is 673 g/mol. The van der Waals surface area contributed by atoms with Gasteiger partial charge in [0.15, 0.2) is 0 Å². The van der Waals surface area contributed by atoms with E-state index in [1.165, 1.54) is 21.9 Å². The molecule has 264 valence electrons. The number of hydrogen-bond donors (Lipinski definition) is 7. The maximum atomic E-state index is 14.0. The van der Waals surface area contributed by atoms with Crippen molar-refractivity contribution in [2.75, 3.05) is 19.6 Å². The van der Waals surface area contributed by atoms with Crippen molar-refractivity contribution < 1.29 is 43.8 Å². The van der Waals surface area contributed by atoms with E-state index in [4.69, 9.17) is 11.5 Å². The Bertz CT molecular complexity index is 1360. The fraction of sp³-hybridized carbons (Fsp3) is 0.594. The maximum Gasteiger partial charge on any atom is 0.326 e. The number of carbonyl (C=O) groups excluding carboxylic acids is 6. The van der Waals surface area contributed by atoms with Crippen LogP contribution in [0.15, 0.2) is 24.3 Å². The van der Waals surface area contributed by atoms with Gasteiger partial charge in [-0.2, -0.15) is 0 Å². The minimum atomic E-state index is -1.28.